The molecule has 1 N–H and O–H groups in total. The highest BCUT2D eigenvalue weighted by molar-refractivity contribution is 5.68. The second-order valence-corrected chi connectivity index (χ2v) is 6.94. The number of piperidine rings is 3. The monoisotopic (exact) mass is 295 g/mol. The van der Waals surface area contributed by atoms with Crippen LogP contribution in [-0.2, 0) is 4.79 Å². The number of hydrogen-bond acceptors (Lipinski definition) is 4. The van der Waals surface area contributed by atoms with Gasteiger partial charge in [0, 0.05) is 18.9 Å². The third-order valence-corrected chi connectivity index (χ3v) is 5.83. The summed E-state index contributed by atoms with van der Waals surface area (Å²) in [5, 5.41) is 16.4. The molecule has 3 rings (SSSR count). The van der Waals surface area contributed by atoms with Crippen molar-refractivity contribution in [3.8, 4) is 0 Å². The van der Waals surface area contributed by atoms with E-state index >= 15 is 0 Å². The molecule has 0 aromatic rings. The molecule has 3 fully saturated rings. The highest BCUT2D eigenvalue weighted by Gasteiger charge is 2.45. The Morgan fingerprint density at radius 2 is 2.00 bits per heavy atom. The first kappa shape index (κ1) is 14.8. The number of carbonyl (C=O) groups excluding carboxylic acids is 1. The minimum absolute atomic E-state index is 0.133. The predicted octanol–water partition coefficient (Wildman–Crippen LogP) is -0.654. The third-order valence-electron chi connectivity index (χ3n) is 5.83. The topological polar surface area (TPSA) is 77.2 Å². The lowest BCUT2D eigenvalue weighted by Gasteiger charge is -2.48. The first-order valence-corrected chi connectivity index (χ1v) is 8.36. The fraction of sp³-hybridized carbons (Fsp3) is 0.933. The molecule has 0 saturated carbocycles. The molecule has 21 heavy (non-hydrogen) atoms. The summed E-state index contributed by atoms with van der Waals surface area (Å²) in [6, 6.07) is 0.356. The summed E-state index contributed by atoms with van der Waals surface area (Å²) in [6.07, 6.45) is 7.06. The quantitative estimate of drug-likeness (QED) is 0.702. The Hall–Kier alpha value is -1.17. The first-order chi connectivity index (χ1) is 10.2. The van der Waals surface area contributed by atoms with Gasteiger partial charge < -0.3 is 14.8 Å². The van der Waals surface area contributed by atoms with Crippen molar-refractivity contribution in [2.45, 2.75) is 57.0 Å². The summed E-state index contributed by atoms with van der Waals surface area (Å²) in [5.74, 6) is -0.991. The molecule has 5 atom stereocenters. The van der Waals surface area contributed by atoms with Crippen LogP contribution in [0.5, 0.6) is 0 Å². The van der Waals surface area contributed by atoms with Crippen molar-refractivity contribution in [2.75, 3.05) is 19.6 Å². The molecule has 0 amide bonds. The Bertz CT molecular complexity index is 404. The van der Waals surface area contributed by atoms with Crippen molar-refractivity contribution < 1.29 is 14.8 Å². The van der Waals surface area contributed by atoms with Crippen molar-refractivity contribution in [1.82, 2.24) is 5.01 Å². The van der Waals surface area contributed by atoms with Gasteiger partial charge in [0.15, 0.2) is 0 Å². The van der Waals surface area contributed by atoms with Crippen LogP contribution in [0.2, 0.25) is 0 Å². The second-order valence-electron chi connectivity index (χ2n) is 6.94. The van der Waals surface area contributed by atoms with E-state index in [9.17, 15) is 14.8 Å². The van der Waals surface area contributed by atoms with Crippen LogP contribution in [0.1, 0.15) is 44.9 Å². The normalized spacial score (nSPS) is 40.4. The number of carboxylic acids is 1. The van der Waals surface area contributed by atoms with E-state index in [2.05, 4.69) is 5.29 Å². The summed E-state index contributed by atoms with van der Waals surface area (Å²) in [7, 11) is 0. The van der Waals surface area contributed by atoms with Crippen LogP contribution in [0.3, 0.4) is 0 Å². The summed E-state index contributed by atoms with van der Waals surface area (Å²) in [5.41, 5.74) is 0. The van der Waals surface area contributed by atoms with Crippen LogP contribution in [-0.4, -0.2) is 42.7 Å². The van der Waals surface area contributed by atoms with Crippen LogP contribution in [0, 0.1) is 16.7 Å². The summed E-state index contributed by atoms with van der Waals surface area (Å²) in [6.45, 7) is 2.77. The molecule has 0 aromatic carbocycles. The Balaban J connectivity index is 1.76. The number of nitrogens with zero attached hydrogens (tertiary/aromatic N) is 2. The van der Waals surface area contributed by atoms with E-state index in [0.717, 1.165) is 51.7 Å². The number of aliphatic carboxylic acids is 1. The fourth-order valence-corrected chi connectivity index (χ4v) is 4.83. The Labute approximate surface area is 125 Å². The van der Waals surface area contributed by atoms with Crippen LogP contribution in [0.15, 0.2) is 5.29 Å². The molecule has 0 aromatic heterocycles. The van der Waals surface area contributed by atoms with Gasteiger partial charge in [-0.05, 0) is 38.5 Å². The van der Waals surface area contributed by atoms with Gasteiger partial charge in [-0.25, -0.2) is 0 Å². The van der Waals surface area contributed by atoms with Gasteiger partial charge in [0.05, 0.1) is 42.3 Å². The molecule has 3 heterocycles. The number of rotatable bonds is 3. The number of fused-ring (bicyclic) bond motifs is 1. The van der Waals surface area contributed by atoms with Crippen LogP contribution in [0.4, 0.5) is 0 Å². The smallest absolute Gasteiger partial charge is 0.0956 e. The zero-order valence-electron chi connectivity index (χ0n) is 12.5. The van der Waals surface area contributed by atoms with E-state index in [1.807, 2.05) is 0 Å². The number of nitroso groups, excluding NO2 is 1. The minimum Gasteiger partial charge on any atom is -0.550 e. The molecule has 0 spiro atoms. The van der Waals surface area contributed by atoms with Crippen molar-refractivity contribution >= 4 is 5.97 Å². The fourth-order valence-electron chi connectivity index (χ4n) is 4.83. The van der Waals surface area contributed by atoms with Gasteiger partial charge in [0.1, 0.15) is 0 Å². The average molecular weight is 295 g/mol. The molecule has 6 heteroatoms. The number of nitrogens with one attached hydrogen (secondary N) is 1. The summed E-state index contributed by atoms with van der Waals surface area (Å²) in [4.78, 5) is 24.0. The van der Waals surface area contributed by atoms with Crippen LogP contribution >= 0.6 is 0 Å². The van der Waals surface area contributed by atoms with E-state index in [4.69, 9.17) is 0 Å². The average Bonchev–Trinajstić information content (AvgIpc) is 2.53. The van der Waals surface area contributed by atoms with Crippen LogP contribution in [0.25, 0.3) is 0 Å². The maximum Gasteiger partial charge on any atom is 0.0956 e. The zero-order valence-corrected chi connectivity index (χ0v) is 12.5. The maximum atomic E-state index is 11.6. The van der Waals surface area contributed by atoms with Gasteiger partial charge in [-0.15, -0.1) is 4.91 Å². The SMILES string of the molecule is O=NN1CCCC[C@H]1[C@@H]1C[C@H](C(=O)[O-])[C@@H]2CCCC[NH+]2C1. The minimum atomic E-state index is -0.898. The van der Waals surface area contributed by atoms with Crippen molar-refractivity contribution in [1.29, 1.82) is 0 Å². The van der Waals surface area contributed by atoms with Gasteiger partial charge in [-0.3, -0.25) is 5.01 Å². The van der Waals surface area contributed by atoms with E-state index in [0.29, 0.717) is 6.42 Å². The predicted molar refractivity (Wildman–Crippen MR) is 75.1 cm³/mol. The number of hydrogen-bond donors (Lipinski definition) is 1. The molecule has 6 nitrogen and oxygen atoms in total. The van der Waals surface area contributed by atoms with E-state index in [1.165, 1.54) is 11.3 Å². The number of carbonyl (C=O) groups is 1. The maximum absolute atomic E-state index is 11.6. The van der Waals surface area contributed by atoms with Gasteiger partial charge in [0.25, 0.3) is 0 Å². The zero-order chi connectivity index (χ0) is 14.8. The Morgan fingerprint density at radius 3 is 2.76 bits per heavy atom. The molecule has 0 radical (unpaired) electrons. The molecule has 0 aliphatic carbocycles. The largest absolute Gasteiger partial charge is 0.550 e. The molecule has 3 aliphatic heterocycles. The standard InChI is InChI=1S/C15H25N3O3/c19-15(20)12-9-11(10-17-7-3-1-6-14(12)17)13-5-2-4-8-18(13)16-21/h11-14H,1-10H2,(H,19,20)/t11-,12+,13+,14+/m1/s1. The molecular weight excluding hydrogens is 270 g/mol. The van der Waals surface area contributed by atoms with E-state index in [1.54, 1.807) is 5.01 Å². The summed E-state index contributed by atoms with van der Waals surface area (Å²) < 4.78 is 0. The number of carboxylic acid groups (broad SMARTS) is 1. The highest BCUT2D eigenvalue weighted by Crippen LogP contribution is 2.31. The second kappa shape index (κ2) is 6.30. The molecule has 3 saturated heterocycles. The molecule has 0 bridgehead atoms. The number of quaternary nitrogens is 1. The van der Waals surface area contributed by atoms with Crippen LogP contribution < -0.4 is 10.0 Å². The first-order valence-electron chi connectivity index (χ1n) is 8.36. The van der Waals surface area contributed by atoms with E-state index in [-0.39, 0.29) is 23.9 Å². The lowest BCUT2D eigenvalue weighted by molar-refractivity contribution is -0.943. The van der Waals surface area contributed by atoms with Crippen molar-refractivity contribution in [3.63, 3.8) is 0 Å². The lowest BCUT2D eigenvalue weighted by atomic mass is 9.75. The Kier molecular flexibility index (Phi) is 4.42. The molecule has 3 aliphatic rings. The lowest BCUT2D eigenvalue weighted by Crippen LogP contribution is -3.19. The summed E-state index contributed by atoms with van der Waals surface area (Å²) >= 11 is 0. The Morgan fingerprint density at radius 1 is 1.19 bits per heavy atom. The van der Waals surface area contributed by atoms with Gasteiger partial charge in [-0.1, -0.05) is 0 Å². The molecule has 1 unspecified atom stereocenters. The van der Waals surface area contributed by atoms with Gasteiger partial charge in [0.2, 0.25) is 0 Å². The molecule has 118 valence electrons. The molecular formula is C15H25N3O3. The third kappa shape index (κ3) is 2.91. The van der Waals surface area contributed by atoms with Crippen molar-refractivity contribution in [2.24, 2.45) is 17.1 Å². The van der Waals surface area contributed by atoms with Gasteiger partial charge >= 0.3 is 0 Å². The highest BCUT2D eigenvalue weighted by atomic mass is 16.4. The van der Waals surface area contributed by atoms with Crippen molar-refractivity contribution in [3.05, 3.63) is 4.91 Å². The van der Waals surface area contributed by atoms with Gasteiger partial charge in [-0.2, -0.15) is 0 Å². The van der Waals surface area contributed by atoms with E-state index < -0.39 is 5.97 Å².